The average Bonchev–Trinajstić information content (AvgIpc) is 2.36. The van der Waals surface area contributed by atoms with Gasteiger partial charge in [0.1, 0.15) is 6.04 Å². The van der Waals surface area contributed by atoms with Crippen LogP contribution in [0.4, 0.5) is 0 Å². The molecule has 0 saturated carbocycles. The Morgan fingerprint density at radius 1 is 1.25 bits per heavy atom. The summed E-state index contributed by atoms with van der Waals surface area (Å²) in [6.07, 6.45) is 2.54. The minimum absolute atomic E-state index is 0.0669. The molecular formula is C15H28N2O3. The summed E-state index contributed by atoms with van der Waals surface area (Å²) >= 11 is 0. The van der Waals surface area contributed by atoms with Crippen LogP contribution >= 0.6 is 0 Å². The van der Waals surface area contributed by atoms with Crippen molar-refractivity contribution < 1.29 is 14.3 Å². The molecule has 1 atom stereocenters. The zero-order chi connectivity index (χ0) is 15.6. The number of nitrogens with zero attached hydrogens (tertiary/aromatic N) is 1. The highest BCUT2D eigenvalue weighted by atomic mass is 16.5. The standard InChI is InChI=1S/C15H28N2O3/c1-6-20-12(18)11-9-7-8-10-17(11)13(19)14(2,3)15(4,5)16/h11H,6-10,16H2,1-5H3. The summed E-state index contributed by atoms with van der Waals surface area (Å²) in [7, 11) is 0. The molecule has 1 saturated heterocycles. The molecule has 0 aliphatic carbocycles. The molecule has 0 radical (unpaired) electrons. The molecule has 0 aromatic rings. The van der Waals surface area contributed by atoms with Crippen LogP contribution in [0.15, 0.2) is 0 Å². The first-order valence-corrected chi connectivity index (χ1v) is 7.39. The molecule has 116 valence electrons. The molecule has 1 aliphatic heterocycles. The predicted octanol–water partition coefficient (Wildman–Crippen LogP) is 1.69. The Hall–Kier alpha value is -1.10. The van der Waals surface area contributed by atoms with Crippen molar-refractivity contribution in [2.45, 2.75) is 65.5 Å². The maximum absolute atomic E-state index is 12.8. The molecule has 1 unspecified atom stereocenters. The number of ether oxygens (including phenoxy) is 1. The molecule has 0 aromatic carbocycles. The normalized spacial score (nSPS) is 20.7. The Morgan fingerprint density at radius 2 is 1.85 bits per heavy atom. The number of carbonyl (C=O) groups excluding carboxylic acids is 2. The predicted molar refractivity (Wildman–Crippen MR) is 78.0 cm³/mol. The fourth-order valence-corrected chi connectivity index (χ4v) is 2.29. The first kappa shape index (κ1) is 17.0. The van der Waals surface area contributed by atoms with Gasteiger partial charge in [-0.25, -0.2) is 4.79 Å². The summed E-state index contributed by atoms with van der Waals surface area (Å²) in [4.78, 5) is 26.5. The number of hydrogen-bond acceptors (Lipinski definition) is 4. The van der Waals surface area contributed by atoms with E-state index in [1.165, 1.54) is 0 Å². The van der Waals surface area contributed by atoms with Crippen LogP contribution < -0.4 is 5.73 Å². The van der Waals surface area contributed by atoms with Gasteiger partial charge in [-0.2, -0.15) is 0 Å². The van der Waals surface area contributed by atoms with Crippen molar-refractivity contribution in [3.05, 3.63) is 0 Å². The monoisotopic (exact) mass is 284 g/mol. The topological polar surface area (TPSA) is 72.6 Å². The Kier molecular flexibility index (Phi) is 5.19. The van der Waals surface area contributed by atoms with Gasteiger partial charge in [-0.15, -0.1) is 0 Å². The average molecular weight is 284 g/mol. The van der Waals surface area contributed by atoms with E-state index in [9.17, 15) is 9.59 Å². The van der Waals surface area contributed by atoms with Crippen molar-refractivity contribution in [2.24, 2.45) is 11.1 Å². The van der Waals surface area contributed by atoms with Crippen molar-refractivity contribution in [3.63, 3.8) is 0 Å². The van der Waals surface area contributed by atoms with Gasteiger partial charge in [-0.1, -0.05) is 0 Å². The van der Waals surface area contributed by atoms with Gasteiger partial charge in [0.05, 0.1) is 12.0 Å². The van der Waals surface area contributed by atoms with Crippen molar-refractivity contribution in [3.8, 4) is 0 Å². The van der Waals surface area contributed by atoms with Crippen LogP contribution in [0.2, 0.25) is 0 Å². The lowest BCUT2D eigenvalue weighted by Gasteiger charge is -2.44. The molecule has 1 amide bonds. The summed E-state index contributed by atoms with van der Waals surface area (Å²) < 4.78 is 5.10. The maximum Gasteiger partial charge on any atom is 0.328 e. The van der Waals surface area contributed by atoms with Crippen molar-refractivity contribution in [2.75, 3.05) is 13.2 Å². The van der Waals surface area contributed by atoms with E-state index in [0.29, 0.717) is 19.6 Å². The highest BCUT2D eigenvalue weighted by molar-refractivity contribution is 5.88. The third-order valence-corrected chi connectivity index (χ3v) is 4.47. The first-order chi connectivity index (χ1) is 9.13. The van der Waals surface area contributed by atoms with Gasteiger partial charge in [-0.3, -0.25) is 4.79 Å². The van der Waals surface area contributed by atoms with E-state index >= 15 is 0 Å². The number of rotatable bonds is 4. The van der Waals surface area contributed by atoms with Crippen LogP contribution in [0.5, 0.6) is 0 Å². The van der Waals surface area contributed by atoms with Crippen molar-refractivity contribution >= 4 is 11.9 Å². The SMILES string of the molecule is CCOC(=O)C1CCCCN1C(=O)C(C)(C)C(C)(C)N. The van der Waals surface area contributed by atoms with Crippen LogP contribution in [0.3, 0.4) is 0 Å². The van der Waals surface area contributed by atoms with Crippen molar-refractivity contribution in [1.29, 1.82) is 0 Å². The Labute approximate surface area is 121 Å². The van der Waals surface area contributed by atoms with Crippen molar-refractivity contribution in [1.82, 2.24) is 4.90 Å². The van der Waals surface area contributed by atoms with Gasteiger partial charge in [0.15, 0.2) is 0 Å². The minimum atomic E-state index is -0.727. The zero-order valence-electron chi connectivity index (χ0n) is 13.4. The Morgan fingerprint density at radius 3 is 2.35 bits per heavy atom. The summed E-state index contributed by atoms with van der Waals surface area (Å²) in [5.41, 5.74) is 4.76. The molecule has 2 N–H and O–H groups in total. The van der Waals surface area contributed by atoms with Crippen LogP contribution in [0, 0.1) is 5.41 Å². The second kappa shape index (κ2) is 6.12. The number of likely N-dealkylation sites (tertiary alicyclic amines) is 1. The summed E-state index contributed by atoms with van der Waals surface area (Å²) in [6.45, 7) is 10.1. The summed E-state index contributed by atoms with van der Waals surface area (Å²) in [6, 6.07) is -0.460. The smallest absolute Gasteiger partial charge is 0.328 e. The Balaban J connectivity index is 2.96. The van der Waals surface area contributed by atoms with Gasteiger partial charge in [-0.05, 0) is 53.9 Å². The van der Waals surface area contributed by atoms with E-state index in [0.717, 1.165) is 12.8 Å². The van der Waals surface area contributed by atoms with Gasteiger partial charge >= 0.3 is 5.97 Å². The van der Waals surface area contributed by atoms with Crippen LogP contribution in [-0.4, -0.2) is 41.5 Å². The largest absolute Gasteiger partial charge is 0.464 e. The van der Waals surface area contributed by atoms with Gasteiger partial charge in [0.25, 0.3) is 0 Å². The van der Waals surface area contributed by atoms with Crippen LogP contribution in [0.1, 0.15) is 53.9 Å². The van der Waals surface area contributed by atoms with E-state index in [4.69, 9.17) is 10.5 Å². The highest BCUT2D eigenvalue weighted by Crippen LogP contribution is 2.33. The number of amides is 1. The second-order valence-corrected chi connectivity index (χ2v) is 6.61. The lowest BCUT2D eigenvalue weighted by atomic mass is 9.73. The number of hydrogen-bond donors (Lipinski definition) is 1. The lowest BCUT2D eigenvalue weighted by molar-refractivity contribution is -0.161. The van der Waals surface area contributed by atoms with E-state index in [1.807, 2.05) is 27.7 Å². The molecule has 1 aliphatic rings. The summed E-state index contributed by atoms with van der Waals surface area (Å²) in [5.74, 6) is -0.367. The van der Waals surface area contributed by atoms with Gasteiger partial charge in [0, 0.05) is 12.1 Å². The quantitative estimate of drug-likeness (QED) is 0.797. The fraction of sp³-hybridized carbons (Fsp3) is 0.867. The second-order valence-electron chi connectivity index (χ2n) is 6.61. The van der Waals surface area contributed by atoms with Gasteiger partial charge in [0.2, 0.25) is 5.91 Å². The zero-order valence-corrected chi connectivity index (χ0v) is 13.4. The molecule has 0 spiro atoms. The maximum atomic E-state index is 12.8. The molecule has 0 aromatic heterocycles. The van der Waals surface area contributed by atoms with E-state index < -0.39 is 17.0 Å². The van der Waals surface area contributed by atoms with E-state index in [2.05, 4.69) is 0 Å². The van der Waals surface area contributed by atoms with Gasteiger partial charge < -0.3 is 15.4 Å². The number of carbonyl (C=O) groups is 2. The highest BCUT2D eigenvalue weighted by Gasteiger charge is 2.46. The molecule has 5 heteroatoms. The number of nitrogens with two attached hydrogens (primary N) is 1. The number of esters is 1. The molecule has 1 fully saturated rings. The minimum Gasteiger partial charge on any atom is -0.464 e. The first-order valence-electron chi connectivity index (χ1n) is 7.39. The lowest BCUT2D eigenvalue weighted by Crippen LogP contribution is -2.60. The fourth-order valence-electron chi connectivity index (χ4n) is 2.29. The molecule has 20 heavy (non-hydrogen) atoms. The number of piperidine rings is 1. The Bertz CT molecular complexity index is 372. The van der Waals surface area contributed by atoms with Crippen LogP contribution in [0.25, 0.3) is 0 Å². The molecule has 5 nitrogen and oxygen atoms in total. The molecule has 1 heterocycles. The van der Waals surface area contributed by atoms with E-state index in [1.54, 1.807) is 11.8 Å². The molecule has 1 rings (SSSR count). The molecule has 0 bridgehead atoms. The summed E-state index contributed by atoms with van der Waals surface area (Å²) in [5, 5.41) is 0. The molecular weight excluding hydrogens is 256 g/mol. The van der Waals surface area contributed by atoms with Crippen LogP contribution in [-0.2, 0) is 14.3 Å². The third-order valence-electron chi connectivity index (χ3n) is 4.47. The van der Waals surface area contributed by atoms with E-state index in [-0.39, 0.29) is 11.9 Å². The third kappa shape index (κ3) is 3.32.